The van der Waals surface area contributed by atoms with E-state index in [1.165, 1.54) is 0 Å². The van der Waals surface area contributed by atoms with Gasteiger partial charge in [0.1, 0.15) is 0 Å². The van der Waals surface area contributed by atoms with Crippen molar-refractivity contribution in [3.05, 3.63) is 58.6 Å². The van der Waals surface area contributed by atoms with E-state index in [-0.39, 0.29) is 11.3 Å². The molecule has 25 heavy (non-hydrogen) atoms. The molecule has 2 N–H and O–H groups in total. The van der Waals surface area contributed by atoms with Crippen molar-refractivity contribution in [1.82, 2.24) is 0 Å². The first-order valence-corrected chi connectivity index (χ1v) is 8.46. The maximum absolute atomic E-state index is 12.4. The third-order valence-corrected chi connectivity index (χ3v) is 4.22. The number of rotatable bonds is 7. The molecule has 2 aromatic rings. The predicted molar refractivity (Wildman–Crippen MR) is 101 cm³/mol. The largest absolute Gasteiger partial charge is 0.478 e. The molecule has 6 heteroatoms. The monoisotopic (exact) mass is 360 g/mol. The van der Waals surface area contributed by atoms with Gasteiger partial charge in [-0.2, -0.15) is 0 Å². The first-order valence-electron chi connectivity index (χ1n) is 8.08. The first kappa shape index (κ1) is 18.8. The molecule has 2 rings (SSSR count). The second kappa shape index (κ2) is 8.53. The highest BCUT2D eigenvalue weighted by Gasteiger charge is 2.16. The van der Waals surface area contributed by atoms with Gasteiger partial charge < -0.3 is 15.3 Å². The van der Waals surface area contributed by atoms with Crippen molar-refractivity contribution in [1.29, 1.82) is 0 Å². The number of halogens is 1. The Morgan fingerprint density at radius 2 is 1.88 bits per heavy atom. The highest BCUT2D eigenvalue weighted by Crippen LogP contribution is 2.25. The number of carbonyl (C=O) groups is 2. The van der Waals surface area contributed by atoms with Crippen molar-refractivity contribution in [3.63, 3.8) is 0 Å². The van der Waals surface area contributed by atoms with Crippen molar-refractivity contribution in [2.24, 2.45) is 0 Å². The lowest BCUT2D eigenvalue weighted by Crippen LogP contribution is -2.20. The van der Waals surface area contributed by atoms with Gasteiger partial charge in [-0.1, -0.05) is 37.1 Å². The molecule has 0 heterocycles. The van der Waals surface area contributed by atoms with Crippen molar-refractivity contribution in [3.8, 4) is 0 Å². The summed E-state index contributed by atoms with van der Waals surface area (Å²) in [6.45, 7) is 2.94. The molecule has 0 fully saturated rings. The van der Waals surface area contributed by atoms with Crippen molar-refractivity contribution in [2.75, 3.05) is 23.8 Å². The average molecular weight is 361 g/mol. The second-order valence-corrected chi connectivity index (χ2v) is 6.15. The van der Waals surface area contributed by atoms with Crippen LogP contribution in [0.1, 0.15) is 40.5 Å². The summed E-state index contributed by atoms with van der Waals surface area (Å²) in [5.41, 5.74) is 1.37. The van der Waals surface area contributed by atoms with Crippen LogP contribution in [0.15, 0.2) is 42.5 Å². The summed E-state index contributed by atoms with van der Waals surface area (Å²) in [5.74, 6) is -1.54. The van der Waals surface area contributed by atoms with Gasteiger partial charge in [0.15, 0.2) is 0 Å². The van der Waals surface area contributed by atoms with E-state index in [4.69, 9.17) is 11.6 Å². The SMILES string of the molecule is CCCCN(C)c1ccc(NC(=O)c2ccccc2Cl)c(C(=O)O)c1. The van der Waals surface area contributed by atoms with Crippen LogP contribution < -0.4 is 10.2 Å². The summed E-state index contributed by atoms with van der Waals surface area (Å²) >= 11 is 6.02. The van der Waals surface area contributed by atoms with E-state index in [0.717, 1.165) is 25.1 Å². The van der Waals surface area contributed by atoms with E-state index in [1.807, 2.05) is 11.9 Å². The van der Waals surface area contributed by atoms with Gasteiger partial charge in [-0.25, -0.2) is 4.79 Å². The topological polar surface area (TPSA) is 69.6 Å². The molecule has 0 atom stereocenters. The molecule has 0 spiro atoms. The number of benzene rings is 2. The van der Waals surface area contributed by atoms with Crippen molar-refractivity contribution < 1.29 is 14.7 Å². The average Bonchev–Trinajstić information content (AvgIpc) is 2.60. The number of amides is 1. The number of hydrogen-bond acceptors (Lipinski definition) is 3. The zero-order valence-electron chi connectivity index (χ0n) is 14.3. The standard InChI is InChI=1S/C19H21ClN2O3/c1-3-4-11-22(2)13-9-10-17(15(12-13)19(24)25)21-18(23)14-7-5-6-8-16(14)20/h5-10,12H,3-4,11H2,1-2H3,(H,21,23)(H,24,25). The summed E-state index contributed by atoms with van der Waals surface area (Å²) in [6, 6.07) is 11.6. The maximum atomic E-state index is 12.4. The van der Waals surface area contributed by atoms with E-state index in [1.54, 1.807) is 42.5 Å². The summed E-state index contributed by atoms with van der Waals surface area (Å²) in [4.78, 5) is 26.0. The van der Waals surface area contributed by atoms with Crippen LogP contribution in [0.4, 0.5) is 11.4 Å². The number of carboxylic acid groups (broad SMARTS) is 1. The Kier molecular flexibility index (Phi) is 6.42. The van der Waals surface area contributed by atoms with Gasteiger partial charge in [0.05, 0.1) is 21.8 Å². The first-order chi connectivity index (χ1) is 11.9. The fourth-order valence-corrected chi connectivity index (χ4v) is 2.64. The van der Waals surface area contributed by atoms with Gasteiger partial charge >= 0.3 is 5.97 Å². The molecule has 0 saturated carbocycles. The molecule has 0 unspecified atom stereocenters. The van der Waals surface area contributed by atoms with E-state index in [0.29, 0.717) is 10.6 Å². The van der Waals surface area contributed by atoms with Crippen LogP contribution in [0.3, 0.4) is 0 Å². The van der Waals surface area contributed by atoms with Gasteiger partial charge in [0, 0.05) is 19.3 Å². The summed E-state index contributed by atoms with van der Waals surface area (Å²) in [7, 11) is 1.92. The van der Waals surface area contributed by atoms with E-state index in [9.17, 15) is 14.7 Å². The molecule has 0 radical (unpaired) electrons. The number of hydrogen-bond donors (Lipinski definition) is 2. The number of nitrogens with zero attached hydrogens (tertiary/aromatic N) is 1. The molecule has 0 aliphatic rings. The van der Waals surface area contributed by atoms with Crippen LogP contribution in [0, 0.1) is 0 Å². The Morgan fingerprint density at radius 3 is 2.52 bits per heavy atom. The Hall–Kier alpha value is -2.53. The molecule has 0 bridgehead atoms. The zero-order chi connectivity index (χ0) is 18.4. The normalized spacial score (nSPS) is 10.4. The van der Waals surface area contributed by atoms with Gasteiger partial charge in [0.25, 0.3) is 5.91 Å². The van der Waals surface area contributed by atoms with Crippen LogP contribution >= 0.6 is 11.6 Å². The molecule has 0 aliphatic heterocycles. The summed E-state index contributed by atoms with van der Waals surface area (Å²) < 4.78 is 0. The maximum Gasteiger partial charge on any atom is 0.337 e. The van der Waals surface area contributed by atoms with Gasteiger partial charge in [-0.15, -0.1) is 0 Å². The summed E-state index contributed by atoms with van der Waals surface area (Å²) in [6.07, 6.45) is 2.08. The molecule has 5 nitrogen and oxygen atoms in total. The third kappa shape index (κ3) is 4.73. The van der Waals surface area contributed by atoms with Crippen LogP contribution in [-0.4, -0.2) is 30.6 Å². The molecule has 0 saturated heterocycles. The Bertz CT molecular complexity index is 777. The highest BCUT2D eigenvalue weighted by atomic mass is 35.5. The number of carboxylic acids is 1. The predicted octanol–water partition coefficient (Wildman–Crippen LogP) is 4.53. The smallest absolute Gasteiger partial charge is 0.337 e. The van der Waals surface area contributed by atoms with Crippen molar-refractivity contribution >= 4 is 34.9 Å². The van der Waals surface area contributed by atoms with Crippen LogP contribution in [0.25, 0.3) is 0 Å². The quantitative estimate of drug-likeness (QED) is 0.761. The minimum absolute atomic E-state index is 0.0428. The van der Waals surface area contributed by atoms with E-state index in [2.05, 4.69) is 12.2 Å². The zero-order valence-corrected chi connectivity index (χ0v) is 15.0. The molecule has 2 aromatic carbocycles. The van der Waals surface area contributed by atoms with E-state index >= 15 is 0 Å². The molecule has 132 valence electrons. The molecular weight excluding hydrogens is 340 g/mol. The Morgan fingerprint density at radius 1 is 1.16 bits per heavy atom. The molecule has 0 aromatic heterocycles. The number of anilines is 2. The lowest BCUT2D eigenvalue weighted by Gasteiger charge is -2.20. The fraction of sp³-hybridized carbons (Fsp3) is 0.263. The molecule has 0 aliphatic carbocycles. The van der Waals surface area contributed by atoms with Crippen LogP contribution in [0.2, 0.25) is 5.02 Å². The minimum Gasteiger partial charge on any atom is -0.478 e. The highest BCUT2D eigenvalue weighted by molar-refractivity contribution is 6.34. The minimum atomic E-state index is -1.10. The Labute approximate surface area is 152 Å². The number of unbranched alkanes of at least 4 members (excludes halogenated alkanes) is 1. The fourth-order valence-electron chi connectivity index (χ4n) is 2.41. The lowest BCUT2D eigenvalue weighted by molar-refractivity contribution is 0.0698. The third-order valence-electron chi connectivity index (χ3n) is 3.89. The molecule has 1 amide bonds. The van der Waals surface area contributed by atoms with Gasteiger partial charge in [-0.3, -0.25) is 4.79 Å². The number of carbonyl (C=O) groups excluding carboxylic acids is 1. The van der Waals surface area contributed by atoms with Gasteiger partial charge in [0.2, 0.25) is 0 Å². The van der Waals surface area contributed by atoms with E-state index < -0.39 is 11.9 Å². The second-order valence-electron chi connectivity index (χ2n) is 5.74. The number of nitrogens with one attached hydrogen (secondary N) is 1. The Balaban J connectivity index is 2.27. The summed E-state index contributed by atoms with van der Waals surface area (Å²) in [5, 5.41) is 12.4. The van der Waals surface area contributed by atoms with Crippen LogP contribution in [-0.2, 0) is 0 Å². The van der Waals surface area contributed by atoms with Crippen molar-refractivity contribution in [2.45, 2.75) is 19.8 Å². The number of aromatic carboxylic acids is 1. The molecular formula is C19H21ClN2O3. The lowest BCUT2D eigenvalue weighted by atomic mass is 10.1. The van der Waals surface area contributed by atoms with Crippen LogP contribution in [0.5, 0.6) is 0 Å². The van der Waals surface area contributed by atoms with Gasteiger partial charge in [-0.05, 0) is 36.8 Å².